The van der Waals surface area contributed by atoms with Crippen LogP contribution in [0.4, 0.5) is 0 Å². The van der Waals surface area contributed by atoms with Gasteiger partial charge < -0.3 is 24.2 Å². The van der Waals surface area contributed by atoms with Gasteiger partial charge in [-0.2, -0.15) is 0 Å². The third kappa shape index (κ3) is 5.42. The Morgan fingerprint density at radius 1 is 1.15 bits per heavy atom. The third-order valence-corrected chi connectivity index (χ3v) is 5.58. The predicted octanol–water partition coefficient (Wildman–Crippen LogP) is 4.64. The molecule has 1 aliphatic rings. The minimum Gasteiger partial charge on any atom is -0.507 e. The highest BCUT2D eigenvalue weighted by Gasteiger charge is 2.45. The first-order chi connectivity index (χ1) is 16.3. The highest BCUT2D eigenvalue weighted by Crippen LogP contribution is 2.40. The van der Waals surface area contributed by atoms with Gasteiger partial charge >= 0.3 is 0 Å². The second-order valence-electron chi connectivity index (χ2n) is 8.49. The molecule has 0 aliphatic carbocycles. The van der Waals surface area contributed by atoms with E-state index in [1.54, 1.807) is 25.3 Å². The van der Waals surface area contributed by atoms with Gasteiger partial charge in [0.05, 0.1) is 24.3 Å². The van der Waals surface area contributed by atoms with Crippen molar-refractivity contribution in [2.45, 2.75) is 46.3 Å². The number of rotatable bonds is 10. The van der Waals surface area contributed by atoms with Gasteiger partial charge in [0.2, 0.25) is 0 Å². The van der Waals surface area contributed by atoms with E-state index in [1.807, 2.05) is 52.0 Å². The molecular formula is C27H33NO6. The molecule has 182 valence electrons. The number of hydrogen-bond acceptors (Lipinski definition) is 6. The molecule has 3 rings (SSSR count). The van der Waals surface area contributed by atoms with Crippen molar-refractivity contribution in [3.63, 3.8) is 0 Å². The van der Waals surface area contributed by atoms with E-state index in [9.17, 15) is 14.7 Å². The monoisotopic (exact) mass is 467 g/mol. The van der Waals surface area contributed by atoms with Gasteiger partial charge in [0.1, 0.15) is 17.3 Å². The number of amides is 1. The van der Waals surface area contributed by atoms with Crippen molar-refractivity contribution in [1.82, 2.24) is 4.90 Å². The maximum absolute atomic E-state index is 13.2. The molecule has 1 amide bonds. The molecule has 7 heteroatoms. The maximum atomic E-state index is 13.2. The molecule has 34 heavy (non-hydrogen) atoms. The Morgan fingerprint density at radius 3 is 2.56 bits per heavy atom. The van der Waals surface area contributed by atoms with E-state index in [1.165, 1.54) is 4.90 Å². The Kier molecular flexibility index (Phi) is 8.34. The summed E-state index contributed by atoms with van der Waals surface area (Å²) < 4.78 is 16.6. The summed E-state index contributed by atoms with van der Waals surface area (Å²) in [7, 11) is 1.59. The first kappa shape index (κ1) is 25.3. The van der Waals surface area contributed by atoms with Crippen LogP contribution in [0.2, 0.25) is 0 Å². The molecule has 1 unspecified atom stereocenters. The molecule has 7 nitrogen and oxygen atoms in total. The Morgan fingerprint density at radius 2 is 1.91 bits per heavy atom. The zero-order chi connectivity index (χ0) is 24.8. The number of ether oxygens (including phenoxy) is 3. The third-order valence-electron chi connectivity index (χ3n) is 5.58. The maximum Gasteiger partial charge on any atom is 0.295 e. The van der Waals surface area contributed by atoms with Gasteiger partial charge in [-0.25, -0.2) is 0 Å². The van der Waals surface area contributed by atoms with Crippen molar-refractivity contribution in [3.8, 4) is 11.5 Å². The van der Waals surface area contributed by atoms with Crippen molar-refractivity contribution in [3.05, 3.63) is 64.7 Å². The van der Waals surface area contributed by atoms with E-state index in [-0.39, 0.29) is 17.4 Å². The zero-order valence-corrected chi connectivity index (χ0v) is 20.5. The zero-order valence-electron chi connectivity index (χ0n) is 20.5. The molecule has 1 N–H and O–H groups in total. The van der Waals surface area contributed by atoms with Crippen LogP contribution in [0.25, 0.3) is 5.76 Å². The molecule has 1 saturated heterocycles. The molecule has 1 heterocycles. The van der Waals surface area contributed by atoms with E-state index >= 15 is 0 Å². The molecule has 1 aliphatic heterocycles. The van der Waals surface area contributed by atoms with Crippen LogP contribution in [0.3, 0.4) is 0 Å². The number of benzene rings is 2. The fourth-order valence-electron chi connectivity index (χ4n) is 4.14. The summed E-state index contributed by atoms with van der Waals surface area (Å²) in [6, 6.07) is 11.8. The summed E-state index contributed by atoms with van der Waals surface area (Å²) in [6.45, 7) is 8.91. The van der Waals surface area contributed by atoms with Gasteiger partial charge in [-0.05, 0) is 75.6 Å². The quantitative estimate of drug-likeness (QED) is 0.237. The Labute approximate surface area is 200 Å². The van der Waals surface area contributed by atoms with Crippen LogP contribution in [0.1, 0.15) is 49.9 Å². The number of nitrogens with zero attached hydrogens (tertiary/aromatic N) is 1. The topological polar surface area (TPSA) is 85.3 Å². The van der Waals surface area contributed by atoms with Gasteiger partial charge in [0.25, 0.3) is 11.7 Å². The number of aryl methyl sites for hydroxylation is 1. The lowest BCUT2D eigenvalue weighted by Crippen LogP contribution is -2.31. The lowest BCUT2D eigenvalue weighted by Gasteiger charge is -2.26. The van der Waals surface area contributed by atoms with Crippen LogP contribution in [0.15, 0.2) is 48.0 Å². The van der Waals surface area contributed by atoms with E-state index in [4.69, 9.17) is 14.2 Å². The normalized spacial score (nSPS) is 17.5. The van der Waals surface area contributed by atoms with Crippen molar-refractivity contribution in [1.29, 1.82) is 0 Å². The fraction of sp³-hybridized carbons (Fsp3) is 0.407. The molecule has 2 aromatic carbocycles. The standard InChI is InChI=1S/C27H33NO6/c1-6-33-22-12-11-20(15-18(22)4)25(29)23-24(19-9-7-10-21(16-19)34-17(2)3)28(13-8-14-32-5)27(31)26(23)30/h7,9-12,15-17,24,29H,6,8,13-14H2,1-5H3/b25-23+. The van der Waals surface area contributed by atoms with Gasteiger partial charge in [0.15, 0.2) is 0 Å². The summed E-state index contributed by atoms with van der Waals surface area (Å²) in [4.78, 5) is 27.7. The van der Waals surface area contributed by atoms with Gasteiger partial charge in [-0.1, -0.05) is 12.1 Å². The Balaban J connectivity index is 2.12. The smallest absolute Gasteiger partial charge is 0.295 e. The van der Waals surface area contributed by atoms with Crippen molar-refractivity contribution < 1.29 is 28.9 Å². The lowest BCUT2D eigenvalue weighted by atomic mass is 9.94. The molecule has 0 bridgehead atoms. The van der Waals surface area contributed by atoms with Gasteiger partial charge in [0, 0.05) is 25.8 Å². The Hall–Kier alpha value is -3.32. The Bertz CT molecular complexity index is 1070. The summed E-state index contributed by atoms with van der Waals surface area (Å²) in [5.41, 5.74) is 2.03. The summed E-state index contributed by atoms with van der Waals surface area (Å²) >= 11 is 0. The minimum absolute atomic E-state index is 0.0323. The number of aliphatic hydroxyl groups is 1. The molecule has 1 atom stereocenters. The number of carbonyl (C=O) groups is 2. The number of likely N-dealkylation sites (tertiary alicyclic amines) is 1. The predicted molar refractivity (Wildman–Crippen MR) is 130 cm³/mol. The lowest BCUT2D eigenvalue weighted by molar-refractivity contribution is -0.140. The van der Waals surface area contributed by atoms with Crippen molar-refractivity contribution >= 4 is 17.4 Å². The fourth-order valence-corrected chi connectivity index (χ4v) is 4.14. The van der Waals surface area contributed by atoms with Gasteiger partial charge in [-0.15, -0.1) is 0 Å². The van der Waals surface area contributed by atoms with E-state index in [0.29, 0.717) is 48.8 Å². The number of Topliss-reactive ketones (excluding diaryl/α,β-unsaturated/α-hetero) is 1. The van der Waals surface area contributed by atoms with Gasteiger partial charge in [-0.3, -0.25) is 9.59 Å². The second kappa shape index (κ2) is 11.2. The van der Waals surface area contributed by atoms with Crippen LogP contribution < -0.4 is 9.47 Å². The molecular weight excluding hydrogens is 434 g/mol. The molecule has 0 spiro atoms. The molecule has 1 fully saturated rings. The SMILES string of the molecule is CCOc1ccc(/C(O)=C2\C(=O)C(=O)N(CCCOC)C2c2cccc(OC(C)C)c2)cc1C. The van der Waals surface area contributed by atoms with E-state index < -0.39 is 17.7 Å². The molecule has 0 radical (unpaired) electrons. The van der Waals surface area contributed by atoms with Crippen molar-refractivity contribution in [2.75, 3.05) is 26.9 Å². The average Bonchev–Trinajstić information content (AvgIpc) is 3.05. The van der Waals surface area contributed by atoms with Crippen LogP contribution in [-0.4, -0.2) is 54.7 Å². The van der Waals surface area contributed by atoms with E-state index in [2.05, 4.69) is 0 Å². The first-order valence-electron chi connectivity index (χ1n) is 11.6. The van der Waals surface area contributed by atoms with Crippen LogP contribution in [0.5, 0.6) is 11.5 Å². The highest BCUT2D eigenvalue weighted by atomic mass is 16.5. The number of methoxy groups -OCH3 is 1. The number of ketones is 1. The molecule has 2 aromatic rings. The van der Waals surface area contributed by atoms with Crippen LogP contribution in [0, 0.1) is 6.92 Å². The first-order valence-corrected chi connectivity index (χ1v) is 11.6. The van der Waals surface area contributed by atoms with Crippen molar-refractivity contribution in [2.24, 2.45) is 0 Å². The van der Waals surface area contributed by atoms with E-state index in [0.717, 1.165) is 5.56 Å². The minimum atomic E-state index is -0.737. The number of aliphatic hydroxyl groups excluding tert-OH is 1. The number of carbonyl (C=O) groups excluding carboxylic acids is 2. The average molecular weight is 468 g/mol. The number of hydrogen-bond donors (Lipinski definition) is 1. The molecule has 0 aromatic heterocycles. The largest absolute Gasteiger partial charge is 0.507 e. The summed E-state index contributed by atoms with van der Waals surface area (Å²) in [5.74, 6) is -0.220. The second-order valence-corrected chi connectivity index (χ2v) is 8.49. The summed E-state index contributed by atoms with van der Waals surface area (Å²) in [5, 5.41) is 11.3. The van der Waals surface area contributed by atoms with Crippen LogP contribution in [-0.2, 0) is 14.3 Å². The summed E-state index contributed by atoms with van der Waals surface area (Å²) in [6.07, 6.45) is 0.528. The highest BCUT2D eigenvalue weighted by molar-refractivity contribution is 6.46. The molecule has 0 saturated carbocycles. The van der Waals surface area contributed by atoms with Crippen LogP contribution >= 0.6 is 0 Å².